The number of rotatable bonds is 6. The van der Waals surface area contributed by atoms with Gasteiger partial charge in [0.05, 0.1) is 11.6 Å². The van der Waals surface area contributed by atoms with Crippen molar-refractivity contribution in [2.75, 3.05) is 6.54 Å². The summed E-state index contributed by atoms with van der Waals surface area (Å²) in [6.07, 6.45) is 1.58. The fourth-order valence-corrected chi connectivity index (χ4v) is 3.89. The summed E-state index contributed by atoms with van der Waals surface area (Å²) in [6.45, 7) is 5.28. The summed E-state index contributed by atoms with van der Waals surface area (Å²) in [4.78, 5) is 23.8. The number of carbonyl (C=O) groups is 2. The highest BCUT2D eigenvalue weighted by Gasteiger charge is 2.29. The van der Waals surface area contributed by atoms with Crippen molar-refractivity contribution >= 4 is 33.4 Å². The summed E-state index contributed by atoms with van der Waals surface area (Å²) in [6, 6.07) is 3.91. The minimum atomic E-state index is -3.78. The van der Waals surface area contributed by atoms with Crippen molar-refractivity contribution in [1.82, 2.24) is 15.4 Å². The molecule has 0 unspecified atom stereocenters. The first-order valence-electron chi connectivity index (χ1n) is 7.89. The molecule has 0 atom stereocenters. The van der Waals surface area contributed by atoms with Crippen LogP contribution < -0.4 is 15.4 Å². The van der Waals surface area contributed by atoms with Gasteiger partial charge in [-0.25, -0.2) is 13.1 Å². The molecule has 7 nitrogen and oxygen atoms in total. The van der Waals surface area contributed by atoms with Crippen LogP contribution in [0.3, 0.4) is 0 Å². The lowest BCUT2D eigenvalue weighted by Crippen LogP contribution is -2.45. The topological polar surface area (TPSA) is 104 Å². The SMILES string of the molecule is CC(C)(C)NC(=O)CNC(=O)c1ccc(Cl)c(S(=O)(=O)NC2CC2)c1. The first kappa shape index (κ1) is 19.7. The molecular weight excluding hydrogens is 366 g/mol. The number of carbonyl (C=O) groups excluding carboxylic acids is 2. The monoisotopic (exact) mass is 387 g/mol. The Labute approximate surface area is 152 Å². The maximum Gasteiger partial charge on any atom is 0.251 e. The molecule has 1 aliphatic rings. The predicted molar refractivity (Wildman–Crippen MR) is 95.0 cm³/mol. The van der Waals surface area contributed by atoms with Gasteiger partial charge in [0, 0.05) is 17.1 Å². The molecule has 9 heteroatoms. The molecule has 0 aliphatic heterocycles. The highest BCUT2D eigenvalue weighted by molar-refractivity contribution is 7.89. The van der Waals surface area contributed by atoms with E-state index >= 15 is 0 Å². The van der Waals surface area contributed by atoms with Crippen LogP contribution in [-0.2, 0) is 14.8 Å². The molecule has 0 heterocycles. The summed E-state index contributed by atoms with van der Waals surface area (Å²) in [5.41, 5.74) is -0.290. The van der Waals surface area contributed by atoms with Crippen LogP contribution in [0.15, 0.2) is 23.1 Å². The van der Waals surface area contributed by atoms with Crippen LogP contribution in [0.4, 0.5) is 0 Å². The van der Waals surface area contributed by atoms with E-state index in [1.165, 1.54) is 18.2 Å². The average Bonchev–Trinajstić information content (AvgIpc) is 3.26. The molecule has 1 aromatic carbocycles. The van der Waals surface area contributed by atoms with Gasteiger partial charge >= 0.3 is 0 Å². The van der Waals surface area contributed by atoms with Crippen LogP contribution >= 0.6 is 11.6 Å². The van der Waals surface area contributed by atoms with E-state index in [9.17, 15) is 18.0 Å². The fraction of sp³-hybridized carbons (Fsp3) is 0.500. The van der Waals surface area contributed by atoms with Crippen LogP contribution in [0, 0.1) is 0 Å². The molecule has 0 saturated heterocycles. The predicted octanol–water partition coefficient (Wildman–Crippen LogP) is 1.43. The van der Waals surface area contributed by atoms with Crippen molar-refractivity contribution in [3.8, 4) is 0 Å². The third kappa shape index (κ3) is 5.98. The van der Waals surface area contributed by atoms with Gasteiger partial charge in [-0.05, 0) is 51.8 Å². The van der Waals surface area contributed by atoms with Gasteiger partial charge in [0.15, 0.2) is 0 Å². The van der Waals surface area contributed by atoms with Gasteiger partial charge in [-0.3, -0.25) is 9.59 Å². The smallest absolute Gasteiger partial charge is 0.251 e. The molecule has 0 aromatic heterocycles. The maximum atomic E-state index is 12.3. The Morgan fingerprint density at radius 2 is 1.88 bits per heavy atom. The van der Waals surface area contributed by atoms with Crippen molar-refractivity contribution in [1.29, 1.82) is 0 Å². The van der Waals surface area contributed by atoms with Crippen molar-refractivity contribution in [3.63, 3.8) is 0 Å². The number of benzene rings is 1. The molecule has 138 valence electrons. The van der Waals surface area contributed by atoms with Gasteiger partial charge in [0.2, 0.25) is 15.9 Å². The molecular formula is C16H22ClN3O4S. The molecule has 1 saturated carbocycles. The third-order valence-electron chi connectivity index (χ3n) is 3.31. The Morgan fingerprint density at radius 1 is 1.24 bits per heavy atom. The number of hydrogen-bond donors (Lipinski definition) is 3. The molecule has 1 fully saturated rings. The second-order valence-corrected chi connectivity index (χ2v) is 9.11. The van der Waals surface area contributed by atoms with Crippen LogP contribution in [0.1, 0.15) is 44.0 Å². The second-order valence-electron chi connectivity index (χ2n) is 7.02. The van der Waals surface area contributed by atoms with Gasteiger partial charge in [0.1, 0.15) is 4.90 Å². The molecule has 1 aromatic rings. The second kappa shape index (κ2) is 7.31. The molecule has 25 heavy (non-hydrogen) atoms. The Morgan fingerprint density at radius 3 is 2.44 bits per heavy atom. The van der Waals surface area contributed by atoms with Gasteiger partial charge in [-0.1, -0.05) is 11.6 Å². The minimum absolute atomic E-state index is 0.0372. The van der Waals surface area contributed by atoms with E-state index in [-0.39, 0.29) is 34.0 Å². The van der Waals surface area contributed by atoms with Crippen LogP contribution in [0.2, 0.25) is 5.02 Å². The molecule has 0 spiro atoms. The van der Waals surface area contributed by atoms with E-state index in [1.807, 2.05) is 20.8 Å². The largest absolute Gasteiger partial charge is 0.350 e. The van der Waals surface area contributed by atoms with Crippen molar-refractivity contribution < 1.29 is 18.0 Å². The normalized spacial score (nSPS) is 14.9. The Hall–Kier alpha value is -1.64. The van der Waals surface area contributed by atoms with Gasteiger partial charge < -0.3 is 10.6 Å². The highest BCUT2D eigenvalue weighted by atomic mass is 35.5. The maximum absolute atomic E-state index is 12.3. The van der Waals surface area contributed by atoms with E-state index in [0.717, 1.165) is 12.8 Å². The fourth-order valence-electron chi connectivity index (χ4n) is 2.06. The van der Waals surface area contributed by atoms with Gasteiger partial charge in [0.25, 0.3) is 5.91 Å². The first-order valence-corrected chi connectivity index (χ1v) is 9.75. The summed E-state index contributed by atoms with van der Waals surface area (Å²) in [7, 11) is -3.78. The van der Waals surface area contributed by atoms with Crippen molar-refractivity contribution in [3.05, 3.63) is 28.8 Å². The first-order chi connectivity index (χ1) is 11.5. The quantitative estimate of drug-likeness (QED) is 0.686. The van der Waals surface area contributed by atoms with Crippen LogP contribution in [-0.4, -0.2) is 38.4 Å². The zero-order chi connectivity index (χ0) is 18.8. The summed E-state index contributed by atoms with van der Waals surface area (Å²) in [5.74, 6) is -0.887. The number of sulfonamides is 1. The van der Waals surface area contributed by atoms with Crippen LogP contribution in [0.5, 0.6) is 0 Å². The lowest BCUT2D eigenvalue weighted by molar-refractivity contribution is -0.121. The summed E-state index contributed by atoms with van der Waals surface area (Å²) >= 11 is 5.97. The third-order valence-corrected chi connectivity index (χ3v) is 5.31. The summed E-state index contributed by atoms with van der Waals surface area (Å²) < 4.78 is 27.1. The van der Waals surface area contributed by atoms with Crippen molar-refractivity contribution in [2.24, 2.45) is 0 Å². The average molecular weight is 388 g/mol. The summed E-state index contributed by atoms with van der Waals surface area (Å²) in [5, 5.41) is 5.22. The number of nitrogens with one attached hydrogen (secondary N) is 3. The highest BCUT2D eigenvalue weighted by Crippen LogP contribution is 2.26. The molecule has 3 N–H and O–H groups in total. The number of hydrogen-bond acceptors (Lipinski definition) is 4. The Balaban J connectivity index is 2.08. The lowest BCUT2D eigenvalue weighted by atomic mass is 10.1. The van der Waals surface area contributed by atoms with Gasteiger partial charge in [-0.2, -0.15) is 0 Å². The van der Waals surface area contributed by atoms with Gasteiger partial charge in [-0.15, -0.1) is 0 Å². The van der Waals surface area contributed by atoms with E-state index in [4.69, 9.17) is 11.6 Å². The zero-order valence-corrected chi connectivity index (χ0v) is 15.9. The number of halogens is 1. The standard InChI is InChI=1S/C16H22ClN3O4S/c1-16(2,3)19-14(21)9-18-15(22)10-4-7-12(17)13(8-10)25(23,24)20-11-5-6-11/h4,7-8,11,20H,5-6,9H2,1-3H3,(H,18,22)(H,19,21). The molecule has 0 radical (unpaired) electrons. The van der Waals surface area contributed by atoms with E-state index in [2.05, 4.69) is 15.4 Å². The van der Waals surface area contributed by atoms with E-state index in [1.54, 1.807) is 0 Å². The van der Waals surface area contributed by atoms with E-state index < -0.39 is 21.5 Å². The molecule has 0 bridgehead atoms. The lowest BCUT2D eigenvalue weighted by Gasteiger charge is -2.20. The minimum Gasteiger partial charge on any atom is -0.350 e. The Bertz CT molecular complexity index is 783. The molecule has 1 aliphatic carbocycles. The molecule has 2 rings (SSSR count). The zero-order valence-electron chi connectivity index (χ0n) is 14.3. The number of amides is 2. The van der Waals surface area contributed by atoms with E-state index in [0.29, 0.717) is 0 Å². The molecule has 2 amide bonds. The van der Waals surface area contributed by atoms with Crippen molar-refractivity contribution in [2.45, 2.75) is 50.1 Å². The Kier molecular flexibility index (Phi) is 5.75. The van der Waals surface area contributed by atoms with Crippen LogP contribution in [0.25, 0.3) is 0 Å².